The lowest BCUT2D eigenvalue weighted by molar-refractivity contribution is 0.0539. The molecule has 1 unspecified atom stereocenters. The molecule has 16 heavy (non-hydrogen) atoms. The van der Waals surface area contributed by atoms with Gasteiger partial charge < -0.3 is 4.74 Å². The molecule has 0 aromatic heterocycles. The summed E-state index contributed by atoms with van der Waals surface area (Å²) in [4.78, 5) is 0. The highest BCUT2D eigenvalue weighted by Crippen LogP contribution is 2.31. The first-order valence-corrected chi connectivity index (χ1v) is 5.53. The molecule has 0 bridgehead atoms. The summed E-state index contributed by atoms with van der Waals surface area (Å²) in [5.74, 6) is 0. The summed E-state index contributed by atoms with van der Waals surface area (Å²) in [7, 11) is 0. The molecule has 0 aliphatic carbocycles. The zero-order valence-electron chi connectivity index (χ0n) is 8.97. The van der Waals surface area contributed by atoms with Crippen LogP contribution in [0.3, 0.4) is 0 Å². The van der Waals surface area contributed by atoms with Crippen molar-refractivity contribution in [2.75, 3.05) is 0 Å². The monoisotopic (exact) mass is 209 g/mol. The summed E-state index contributed by atoms with van der Waals surface area (Å²) < 4.78 is 5.83. The third kappa shape index (κ3) is 1.74. The zero-order valence-corrected chi connectivity index (χ0v) is 8.97. The average Bonchev–Trinajstić information content (AvgIpc) is 2.39. The van der Waals surface area contributed by atoms with E-state index in [9.17, 15) is 0 Å². The largest absolute Gasteiger partial charge is 0.368 e. The van der Waals surface area contributed by atoms with E-state index in [0.29, 0.717) is 6.61 Å². The van der Waals surface area contributed by atoms with Crippen LogP contribution in [0.15, 0.2) is 54.6 Å². The summed E-state index contributed by atoms with van der Waals surface area (Å²) in [5.41, 5.74) is 3.79. The van der Waals surface area contributed by atoms with Gasteiger partial charge in [0.05, 0.1) is 12.7 Å². The first-order valence-electron chi connectivity index (χ1n) is 5.53. The molecule has 1 heteroatoms. The number of ether oxygens (including phenoxy) is 1. The van der Waals surface area contributed by atoms with Crippen molar-refractivity contribution in [3.05, 3.63) is 77.7 Å². The van der Waals surface area contributed by atoms with Crippen LogP contribution in [0.2, 0.25) is 0 Å². The van der Waals surface area contributed by atoms with Gasteiger partial charge >= 0.3 is 0 Å². The van der Waals surface area contributed by atoms with Gasteiger partial charge in [-0.15, -0.1) is 0 Å². The van der Waals surface area contributed by atoms with Crippen molar-refractivity contribution < 1.29 is 4.74 Å². The first kappa shape index (κ1) is 9.61. The Kier molecular flexibility index (Phi) is 2.47. The Bertz CT molecular complexity index is 476. The minimum absolute atomic E-state index is 0.0936. The minimum atomic E-state index is 0.0936. The van der Waals surface area contributed by atoms with Crippen molar-refractivity contribution in [3.8, 4) is 0 Å². The third-order valence-corrected chi connectivity index (χ3v) is 2.93. The lowest BCUT2D eigenvalue weighted by Crippen LogP contribution is -2.13. The Hall–Kier alpha value is -1.60. The van der Waals surface area contributed by atoms with E-state index in [0.717, 1.165) is 0 Å². The van der Waals surface area contributed by atoms with Crippen molar-refractivity contribution in [1.82, 2.24) is 0 Å². The summed E-state index contributed by atoms with van der Waals surface area (Å²) in [6.07, 6.45) is 2.28. The van der Waals surface area contributed by atoms with E-state index in [2.05, 4.69) is 42.8 Å². The molecule has 1 atom stereocenters. The van der Waals surface area contributed by atoms with Crippen LogP contribution in [0, 0.1) is 6.42 Å². The molecular weight excluding hydrogens is 196 g/mol. The van der Waals surface area contributed by atoms with Gasteiger partial charge in [0.25, 0.3) is 0 Å². The van der Waals surface area contributed by atoms with Crippen LogP contribution in [0.5, 0.6) is 0 Å². The van der Waals surface area contributed by atoms with Crippen LogP contribution in [0.4, 0.5) is 0 Å². The van der Waals surface area contributed by atoms with Gasteiger partial charge in [-0.25, -0.2) is 0 Å². The van der Waals surface area contributed by atoms with Crippen molar-refractivity contribution in [2.24, 2.45) is 0 Å². The summed E-state index contributed by atoms with van der Waals surface area (Å²) in [6.45, 7) is 0.701. The molecule has 2 aromatic carbocycles. The first-order chi connectivity index (χ1) is 7.93. The van der Waals surface area contributed by atoms with Crippen LogP contribution in [0.25, 0.3) is 0 Å². The van der Waals surface area contributed by atoms with E-state index in [1.165, 1.54) is 16.7 Å². The van der Waals surface area contributed by atoms with Crippen molar-refractivity contribution >= 4 is 0 Å². The Balaban J connectivity index is 1.89. The smallest absolute Gasteiger partial charge is 0.0905 e. The average molecular weight is 209 g/mol. The van der Waals surface area contributed by atoms with Gasteiger partial charge in [0, 0.05) is 6.42 Å². The highest BCUT2D eigenvalue weighted by molar-refractivity contribution is 5.38. The molecule has 0 saturated carbocycles. The molecule has 1 aliphatic rings. The van der Waals surface area contributed by atoms with E-state index in [1.807, 2.05) is 18.2 Å². The second-order valence-corrected chi connectivity index (χ2v) is 4.01. The molecular formula is C15H13O. The lowest BCUT2D eigenvalue weighted by Gasteiger charge is -2.25. The molecule has 0 spiro atoms. The Morgan fingerprint density at radius 1 is 0.875 bits per heavy atom. The summed E-state index contributed by atoms with van der Waals surface area (Å²) >= 11 is 0. The molecule has 1 nitrogen and oxygen atoms in total. The molecule has 79 valence electrons. The highest BCUT2D eigenvalue weighted by atomic mass is 16.5. The summed E-state index contributed by atoms with van der Waals surface area (Å²) in [6, 6.07) is 18.7. The quantitative estimate of drug-likeness (QED) is 0.698. The normalized spacial score (nSPS) is 19.1. The molecule has 2 aromatic rings. The van der Waals surface area contributed by atoms with Gasteiger partial charge in [0.1, 0.15) is 0 Å². The number of benzene rings is 2. The molecule has 3 rings (SSSR count). The van der Waals surface area contributed by atoms with Gasteiger partial charge in [-0.05, 0) is 16.7 Å². The topological polar surface area (TPSA) is 9.23 Å². The standard InChI is InChI=1S/C15H13O/c1-2-6-12(7-3-1)15-10-13-8-4-5-9-14(13)11-16-15/h1-10,15H,11H2. The maximum absolute atomic E-state index is 5.83. The van der Waals surface area contributed by atoms with Crippen molar-refractivity contribution in [1.29, 1.82) is 0 Å². The third-order valence-electron chi connectivity index (χ3n) is 2.93. The predicted molar refractivity (Wildman–Crippen MR) is 63.8 cm³/mol. The van der Waals surface area contributed by atoms with E-state index in [1.54, 1.807) is 0 Å². The van der Waals surface area contributed by atoms with Gasteiger partial charge in [0.15, 0.2) is 0 Å². The van der Waals surface area contributed by atoms with Crippen LogP contribution >= 0.6 is 0 Å². The Morgan fingerprint density at radius 2 is 1.62 bits per heavy atom. The van der Waals surface area contributed by atoms with Crippen molar-refractivity contribution in [3.63, 3.8) is 0 Å². The van der Waals surface area contributed by atoms with Crippen LogP contribution in [-0.2, 0) is 11.3 Å². The van der Waals surface area contributed by atoms with E-state index in [-0.39, 0.29) is 6.10 Å². The lowest BCUT2D eigenvalue weighted by atomic mass is 9.95. The fraction of sp³-hybridized carbons (Fsp3) is 0.133. The number of hydrogen-bond donors (Lipinski definition) is 0. The molecule has 0 saturated heterocycles. The molecule has 1 heterocycles. The molecule has 1 aliphatic heterocycles. The minimum Gasteiger partial charge on any atom is -0.368 e. The maximum atomic E-state index is 5.83. The van der Waals surface area contributed by atoms with Crippen LogP contribution in [-0.4, -0.2) is 0 Å². The number of fused-ring (bicyclic) bond motifs is 1. The van der Waals surface area contributed by atoms with Gasteiger partial charge in [0.2, 0.25) is 0 Å². The SMILES string of the molecule is [CH]1c2ccccc2COC1c1ccccc1. The molecule has 0 fully saturated rings. The number of hydrogen-bond acceptors (Lipinski definition) is 1. The van der Waals surface area contributed by atoms with Crippen LogP contribution in [0.1, 0.15) is 22.8 Å². The second-order valence-electron chi connectivity index (χ2n) is 4.01. The Labute approximate surface area is 95.7 Å². The van der Waals surface area contributed by atoms with E-state index >= 15 is 0 Å². The second kappa shape index (κ2) is 4.11. The Morgan fingerprint density at radius 3 is 2.50 bits per heavy atom. The van der Waals surface area contributed by atoms with Gasteiger partial charge in [-0.1, -0.05) is 54.6 Å². The van der Waals surface area contributed by atoms with E-state index in [4.69, 9.17) is 4.74 Å². The molecule has 0 N–H and O–H groups in total. The number of rotatable bonds is 1. The zero-order chi connectivity index (χ0) is 10.8. The summed E-state index contributed by atoms with van der Waals surface area (Å²) in [5, 5.41) is 0. The fourth-order valence-corrected chi connectivity index (χ4v) is 2.05. The van der Waals surface area contributed by atoms with Crippen LogP contribution < -0.4 is 0 Å². The van der Waals surface area contributed by atoms with E-state index < -0.39 is 0 Å². The predicted octanol–water partition coefficient (Wildman–Crippen LogP) is 3.51. The van der Waals surface area contributed by atoms with Gasteiger partial charge in [-0.3, -0.25) is 0 Å². The molecule has 0 amide bonds. The fourth-order valence-electron chi connectivity index (χ4n) is 2.05. The molecule has 1 radical (unpaired) electrons. The highest BCUT2D eigenvalue weighted by Gasteiger charge is 2.20. The maximum Gasteiger partial charge on any atom is 0.0905 e. The van der Waals surface area contributed by atoms with Crippen molar-refractivity contribution in [2.45, 2.75) is 12.7 Å². The van der Waals surface area contributed by atoms with Gasteiger partial charge in [-0.2, -0.15) is 0 Å².